The average molecular weight is 299 g/mol. The monoisotopic (exact) mass is 299 g/mol. The first kappa shape index (κ1) is 14.8. The highest BCUT2D eigenvalue weighted by atomic mass is 16.4. The molecule has 1 fully saturated rings. The van der Waals surface area contributed by atoms with Crippen LogP contribution in [-0.4, -0.2) is 34.4 Å². The van der Waals surface area contributed by atoms with Crippen LogP contribution >= 0.6 is 0 Å². The molecule has 1 saturated heterocycles. The summed E-state index contributed by atoms with van der Waals surface area (Å²) in [5, 5.41) is 3.04. The van der Waals surface area contributed by atoms with E-state index in [1.807, 2.05) is 6.07 Å². The topological polar surface area (TPSA) is 58.4 Å². The summed E-state index contributed by atoms with van der Waals surface area (Å²) in [6, 6.07) is 10.8. The van der Waals surface area contributed by atoms with E-state index >= 15 is 0 Å². The molecule has 1 amide bonds. The molecule has 2 aromatic rings. The highest BCUT2D eigenvalue weighted by Gasteiger charge is 2.32. The lowest BCUT2D eigenvalue weighted by Gasteiger charge is -2.24. The van der Waals surface area contributed by atoms with Gasteiger partial charge in [-0.15, -0.1) is 0 Å². The van der Waals surface area contributed by atoms with Crippen molar-refractivity contribution in [3.63, 3.8) is 0 Å². The smallest absolute Gasteiger partial charge is 0.307 e. The van der Waals surface area contributed by atoms with Crippen LogP contribution in [-0.2, 0) is 6.54 Å². The van der Waals surface area contributed by atoms with Crippen molar-refractivity contribution in [1.29, 1.82) is 0 Å². The van der Waals surface area contributed by atoms with Gasteiger partial charge >= 0.3 is 5.91 Å². The molecule has 1 aromatic heterocycles. The molecule has 0 spiro atoms. The zero-order valence-corrected chi connectivity index (χ0v) is 13.0. The van der Waals surface area contributed by atoms with E-state index in [2.05, 4.69) is 46.4 Å². The number of aryl methyl sites for hydroxylation is 1. The molecule has 1 N–H and O–H groups in total. The molecule has 0 bridgehead atoms. The Labute approximate surface area is 130 Å². The van der Waals surface area contributed by atoms with E-state index in [1.54, 1.807) is 13.1 Å². The van der Waals surface area contributed by atoms with Crippen LogP contribution in [0.25, 0.3) is 0 Å². The van der Waals surface area contributed by atoms with Crippen molar-refractivity contribution in [3.05, 3.63) is 53.7 Å². The molecule has 1 aliphatic heterocycles. The minimum absolute atomic E-state index is 0.128. The number of hydrogen-bond donors (Lipinski definition) is 1. The molecular formula is C17H21N3O2. The lowest BCUT2D eigenvalue weighted by Crippen LogP contribution is -2.43. The Bertz CT molecular complexity index is 638. The van der Waals surface area contributed by atoms with Crippen LogP contribution in [0.3, 0.4) is 0 Å². The van der Waals surface area contributed by atoms with E-state index < -0.39 is 0 Å². The van der Waals surface area contributed by atoms with Gasteiger partial charge in [-0.2, -0.15) is 0 Å². The van der Waals surface area contributed by atoms with Crippen molar-refractivity contribution in [2.75, 3.05) is 6.54 Å². The summed E-state index contributed by atoms with van der Waals surface area (Å²) in [7, 11) is 0. The first-order chi connectivity index (χ1) is 10.6. The lowest BCUT2D eigenvalue weighted by atomic mass is 10.1. The van der Waals surface area contributed by atoms with Crippen LogP contribution in [0.5, 0.6) is 0 Å². The quantitative estimate of drug-likeness (QED) is 0.941. The SMILES string of the molecule is Cc1cnc(C(=O)N[C@H]2CCN(Cc3ccccc3)[C@H]2C)o1. The summed E-state index contributed by atoms with van der Waals surface area (Å²) in [6.45, 7) is 5.82. The minimum Gasteiger partial charge on any atom is -0.438 e. The van der Waals surface area contributed by atoms with Crippen LogP contribution < -0.4 is 5.32 Å². The molecule has 1 aromatic carbocycles. The molecule has 0 unspecified atom stereocenters. The molecule has 5 heteroatoms. The van der Waals surface area contributed by atoms with Crippen molar-refractivity contribution >= 4 is 5.91 Å². The van der Waals surface area contributed by atoms with Gasteiger partial charge in [0.15, 0.2) is 0 Å². The van der Waals surface area contributed by atoms with Gasteiger partial charge < -0.3 is 9.73 Å². The third-order valence-corrected chi connectivity index (χ3v) is 4.25. The Kier molecular flexibility index (Phi) is 4.24. The number of aromatic nitrogens is 1. The number of amides is 1. The fraction of sp³-hybridized carbons (Fsp3) is 0.412. The third kappa shape index (κ3) is 3.20. The van der Waals surface area contributed by atoms with Gasteiger partial charge in [-0.05, 0) is 25.8 Å². The standard InChI is InChI=1S/C17H21N3O2/c1-12-10-18-17(22-12)16(21)19-15-8-9-20(13(15)2)11-14-6-4-3-5-7-14/h3-7,10,13,15H,8-9,11H2,1-2H3,(H,19,21)/t13-,15-/m0/s1. The summed E-state index contributed by atoms with van der Waals surface area (Å²) in [6.07, 6.45) is 2.51. The predicted molar refractivity (Wildman–Crippen MR) is 83.4 cm³/mol. The van der Waals surface area contributed by atoms with Crippen molar-refractivity contribution in [3.8, 4) is 0 Å². The second-order valence-electron chi connectivity index (χ2n) is 5.84. The molecule has 0 saturated carbocycles. The van der Waals surface area contributed by atoms with Gasteiger partial charge in [-0.25, -0.2) is 4.98 Å². The molecule has 3 rings (SSSR count). The highest BCUT2D eigenvalue weighted by molar-refractivity contribution is 5.89. The maximum absolute atomic E-state index is 12.1. The van der Waals surface area contributed by atoms with Crippen molar-refractivity contribution in [1.82, 2.24) is 15.2 Å². The van der Waals surface area contributed by atoms with Gasteiger partial charge in [-0.1, -0.05) is 30.3 Å². The first-order valence-corrected chi connectivity index (χ1v) is 7.65. The number of benzene rings is 1. The maximum atomic E-state index is 12.1. The highest BCUT2D eigenvalue weighted by Crippen LogP contribution is 2.20. The summed E-state index contributed by atoms with van der Waals surface area (Å²) >= 11 is 0. The zero-order valence-electron chi connectivity index (χ0n) is 13.0. The van der Waals surface area contributed by atoms with E-state index in [-0.39, 0.29) is 17.8 Å². The molecule has 5 nitrogen and oxygen atoms in total. The van der Waals surface area contributed by atoms with Crippen LogP contribution in [0, 0.1) is 6.92 Å². The number of oxazole rings is 1. The lowest BCUT2D eigenvalue weighted by molar-refractivity contribution is 0.0890. The summed E-state index contributed by atoms with van der Waals surface area (Å²) in [5.74, 6) is 0.563. The zero-order chi connectivity index (χ0) is 15.5. The van der Waals surface area contributed by atoms with Crippen LogP contribution in [0.1, 0.15) is 35.4 Å². The average Bonchev–Trinajstić information content (AvgIpc) is 3.09. The van der Waals surface area contributed by atoms with Gasteiger partial charge in [0, 0.05) is 25.2 Å². The Morgan fingerprint density at radius 2 is 2.18 bits per heavy atom. The van der Waals surface area contributed by atoms with Gasteiger partial charge in [0.25, 0.3) is 5.89 Å². The molecule has 0 radical (unpaired) electrons. The minimum atomic E-state index is -0.230. The van der Waals surface area contributed by atoms with Crippen molar-refractivity contribution in [2.45, 2.75) is 38.9 Å². The van der Waals surface area contributed by atoms with E-state index in [0.717, 1.165) is 19.5 Å². The number of nitrogens with one attached hydrogen (secondary N) is 1. The summed E-state index contributed by atoms with van der Waals surface area (Å²) in [4.78, 5) is 18.5. The number of nitrogens with zero attached hydrogens (tertiary/aromatic N) is 2. The molecule has 0 aliphatic carbocycles. The van der Waals surface area contributed by atoms with Crippen molar-refractivity contribution < 1.29 is 9.21 Å². The van der Waals surface area contributed by atoms with Crippen LogP contribution in [0.15, 0.2) is 40.9 Å². The Balaban J connectivity index is 1.59. The first-order valence-electron chi connectivity index (χ1n) is 7.65. The van der Waals surface area contributed by atoms with Crippen LogP contribution in [0.4, 0.5) is 0 Å². The summed E-state index contributed by atoms with van der Waals surface area (Å²) < 4.78 is 5.28. The predicted octanol–water partition coefficient (Wildman–Crippen LogP) is 2.38. The largest absolute Gasteiger partial charge is 0.438 e. The maximum Gasteiger partial charge on any atom is 0.307 e. The van der Waals surface area contributed by atoms with Crippen LogP contribution in [0.2, 0.25) is 0 Å². The normalized spacial score (nSPS) is 21.9. The van der Waals surface area contributed by atoms with Gasteiger partial charge in [0.05, 0.1) is 6.20 Å². The third-order valence-electron chi connectivity index (χ3n) is 4.25. The number of carbonyl (C=O) groups excluding carboxylic acids is 1. The second kappa shape index (κ2) is 6.32. The van der Waals surface area contributed by atoms with Gasteiger partial charge in [-0.3, -0.25) is 9.69 Å². The van der Waals surface area contributed by atoms with Crippen molar-refractivity contribution in [2.24, 2.45) is 0 Å². The van der Waals surface area contributed by atoms with Gasteiger partial charge in [0.2, 0.25) is 0 Å². The molecule has 1 aliphatic rings. The van der Waals surface area contributed by atoms with E-state index in [0.29, 0.717) is 11.8 Å². The molecule has 22 heavy (non-hydrogen) atoms. The molecule has 2 atom stereocenters. The van der Waals surface area contributed by atoms with E-state index in [4.69, 9.17) is 4.42 Å². The number of rotatable bonds is 4. The number of likely N-dealkylation sites (tertiary alicyclic amines) is 1. The molecular weight excluding hydrogens is 278 g/mol. The Hall–Kier alpha value is -2.14. The van der Waals surface area contributed by atoms with E-state index in [1.165, 1.54) is 5.56 Å². The molecule has 116 valence electrons. The number of hydrogen-bond acceptors (Lipinski definition) is 4. The van der Waals surface area contributed by atoms with Gasteiger partial charge in [0.1, 0.15) is 5.76 Å². The fourth-order valence-electron chi connectivity index (χ4n) is 2.93. The van der Waals surface area contributed by atoms with E-state index in [9.17, 15) is 4.79 Å². The Morgan fingerprint density at radius 1 is 1.41 bits per heavy atom. The Morgan fingerprint density at radius 3 is 2.86 bits per heavy atom. The number of carbonyl (C=O) groups is 1. The fourth-order valence-corrected chi connectivity index (χ4v) is 2.93. The summed E-state index contributed by atoms with van der Waals surface area (Å²) in [5.41, 5.74) is 1.30. The molecule has 2 heterocycles. The second-order valence-corrected chi connectivity index (χ2v) is 5.84.